The van der Waals surface area contributed by atoms with Crippen molar-refractivity contribution in [2.75, 3.05) is 0 Å². The lowest BCUT2D eigenvalue weighted by molar-refractivity contribution is -0.123. The van der Waals surface area contributed by atoms with Gasteiger partial charge in [-0.25, -0.2) is 9.67 Å². The van der Waals surface area contributed by atoms with Gasteiger partial charge in [0.15, 0.2) is 5.82 Å². The van der Waals surface area contributed by atoms with Gasteiger partial charge in [-0.2, -0.15) is 5.10 Å². The molecule has 8 heteroatoms. The van der Waals surface area contributed by atoms with E-state index in [0.717, 1.165) is 11.1 Å². The Labute approximate surface area is 196 Å². The van der Waals surface area contributed by atoms with Crippen molar-refractivity contribution in [2.45, 2.75) is 19.0 Å². The Balaban J connectivity index is 1.50. The number of aromatic nitrogens is 3. The fraction of sp³-hybridized carbons (Fsp3) is 0.120. The molecule has 2 aromatic carbocycles. The summed E-state index contributed by atoms with van der Waals surface area (Å²) in [5.74, 6) is -0.00889. The summed E-state index contributed by atoms with van der Waals surface area (Å²) < 4.78 is 1.64. The monoisotopic (exact) mass is 459 g/mol. The number of benzene rings is 2. The van der Waals surface area contributed by atoms with Gasteiger partial charge in [0.25, 0.3) is 5.91 Å². The third-order valence-corrected chi connectivity index (χ3v) is 5.30. The smallest absolute Gasteiger partial charge is 0.251 e. The first-order valence-corrected chi connectivity index (χ1v) is 10.8. The molecule has 4 aromatic rings. The molecule has 0 bridgehead atoms. The zero-order chi connectivity index (χ0) is 23.0. The van der Waals surface area contributed by atoms with Gasteiger partial charge in [0.05, 0.1) is 0 Å². The number of rotatable bonds is 8. The molecule has 0 saturated heterocycles. The molecule has 0 radical (unpaired) electrons. The molecule has 0 fully saturated rings. The maximum absolute atomic E-state index is 13.1. The zero-order valence-corrected chi connectivity index (χ0v) is 18.4. The summed E-state index contributed by atoms with van der Waals surface area (Å²) in [7, 11) is 0. The van der Waals surface area contributed by atoms with E-state index >= 15 is 0 Å². The average Bonchev–Trinajstić information content (AvgIpc) is 3.38. The molecule has 7 nitrogen and oxygen atoms in total. The Morgan fingerprint density at radius 1 is 0.939 bits per heavy atom. The molecule has 0 aliphatic carbocycles. The van der Waals surface area contributed by atoms with Crippen LogP contribution in [-0.4, -0.2) is 32.6 Å². The Bertz CT molecular complexity index is 1210. The standard InChI is InChI=1S/C25H22ClN5O2/c26-21-11-9-19(10-12-21)24(32)30-22(16-18-6-2-1-3-7-18)25(33)28-17-20-8-4-13-27-23(20)31-15-5-14-29-31/h1-15,22H,16-17H2,(H,28,33)(H,30,32). The highest BCUT2D eigenvalue weighted by atomic mass is 35.5. The van der Waals surface area contributed by atoms with E-state index in [-0.39, 0.29) is 18.4 Å². The molecule has 0 aliphatic rings. The Hall–Kier alpha value is -3.97. The quantitative estimate of drug-likeness (QED) is 0.421. The molecule has 0 saturated carbocycles. The van der Waals surface area contributed by atoms with Crippen LogP contribution in [0.15, 0.2) is 91.4 Å². The average molecular weight is 460 g/mol. The van der Waals surface area contributed by atoms with Crippen LogP contribution in [0.3, 0.4) is 0 Å². The number of hydrogen-bond acceptors (Lipinski definition) is 4. The van der Waals surface area contributed by atoms with Gasteiger partial charge in [-0.3, -0.25) is 9.59 Å². The van der Waals surface area contributed by atoms with Gasteiger partial charge >= 0.3 is 0 Å². The molecule has 0 spiro atoms. The number of amides is 2. The maximum atomic E-state index is 13.1. The highest BCUT2D eigenvalue weighted by molar-refractivity contribution is 6.30. The van der Waals surface area contributed by atoms with Crippen molar-refractivity contribution in [3.63, 3.8) is 0 Å². The predicted octanol–water partition coefficient (Wildman–Crippen LogP) is 3.58. The number of carbonyl (C=O) groups is 2. The molecule has 1 unspecified atom stereocenters. The number of carbonyl (C=O) groups excluding carboxylic acids is 2. The third-order valence-electron chi connectivity index (χ3n) is 5.05. The van der Waals surface area contributed by atoms with Crippen molar-refractivity contribution in [3.05, 3.63) is 113 Å². The first-order valence-electron chi connectivity index (χ1n) is 10.4. The van der Waals surface area contributed by atoms with Crippen LogP contribution < -0.4 is 10.6 Å². The SMILES string of the molecule is O=C(NC(Cc1ccccc1)C(=O)NCc1cccnc1-n1cccn1)c1ccc(Cl)cc1. The molecule has 2 amide bonds. The minimum Gasteiger partial charge on any atom is -0.350 e. The van der Waals surface area contributed by atoms with Gasteiger partial charge in [0.1, 0.15) is 6.04 Å². The third kappa shape index (κ3) is 5.84. The van der Waals surface area contributed by atoms with Crippen molar-refractivity contribution in [1.82, 2.24) is 25.4 Å². The van der Waals surface area contributed by atoms with E-state index in [2.05, 4.69) is 20.7 Å². The van der Waals surface area contributed by atoms with Crippen molar-refractivity contribution in [3.8, 4) is 5.82 Å². The fourth-order valence-corrected chi connectivity index (χ4v) is 3.50. The Kier molecular flexibility index (Phi) is 7.12. The van der Waals surface area contributed by atoms with Crippen LogP contribution in [-0.2, 0) is 17.8 Å². The first-order chi connectivity index (χ1) is 16.1. The van der Waals surface area contributed by atoms with E-state index in [4.69, 9.17) is 11.6 Å². The number of nitrogens with zero attached hydrogens (tertiary/aromatic N) is 3. The number of nitrogens with one attached hydrogen (secondary N) is 2. The molecular weight excluding hydrogens is 438 g/mol. The highest BCUT2D eigenvalue weighted by Gasteiger charge is 2.22. The van der Waals surface area contributed by atoms with Gasteiger partial charge in [-0.05, 0) is 42.0 Å². The minimum atomic E-state index is -0.764. The number of halogens is 1. The zero-order valence-electron chi connectivity index (χ0n) is 17.7. The van der Waals surface area contributed by atoms with Crippen LogP contribution in [0, 0.1) is 0 Å². The van der Waals surface area contributed by atoms with Crippen LogP contribution >= 0.6 is 11.6 Å². The Morgan fingerprint density at radius 2 is 1.73 bits per heavy atom. The predicted molar refractivity (Wildman–Crippen MR) is 126 cm³/mol. The van der Waals surface area contributed by atoms with Gasteiger partial charge in [0, 0.05) is 47.7 Å². The lowest BCUT2D eigenvalue weighted by Gasteiger charge is -2.19. The van der Waals surface area contributed by atoms with Crippen LogP contribution in [0.1, 0.15) is 21.5 Å². The van der Waals surface area contributed by atoms with Crippen LogP contribution in [0.4, 0.5) is 0 Å². The normalized spacial score (nSPS) is 11.5. The second kappa shape index (κ2) is 10.6. The van der Waals surface area contributed by atoms with E-state index in [1.54, 1.807) is 59.7 Å². The van der Waals surface area contributed by atoms with E-state index in [1.807, 2.05) is 36.4 Å². The Morgan fingerprint density at radius 3 is 2.45 bits per heavy atom. The molecule has 2 N–H and O–H groups in total. The number of hydrogen-bond donors (Lipinski definition) is 2. The van der Waals surface area contributed by atoms with Gasteiger partial charge < -0.3 is 10.6 Å². The van der Waals surface area contributed by atoms with E-state index in [0.29, 0.717) is 22.8 Å². The number of pyridine rings is 1. The van der Waals surface area contributed by atoms with Gasteiger partial charge in [-0.15, -0.1) is 0 Å². The molecule has 33 heavy (non-hydrogen) atoms. The summed E-state index contributed by atoms with van der Waals surface area (Å²) in [4.78, 5) is 30.3. The van der Waals surface area contributed by atoms with Gasteiger partial charge in [-0.1, -0.05) is 48.0 Å². The highest BCUT2D eigenvalue weighted by Crippen LogP contribution is 2.12. The van der Waals surface area contributed by atoms with Crippen LogP contribution in [0.2, 0.25) is 5.02 Å². The van der Waals surface area contributed by atoms with Crippen LogP contribution in [0.25, 0.3) is 5.82 Å². The summed E-state index contributed by atoms with van der Waals surface area (Å²) in [5.41, 5.74) is 2.17. The van der Waals surface area contributed by atoms with Gasteiger partial charge in [0.2, 0.25) is 5.91 Å². The summed E-state index contributed by atoms with van der Waals surface area (Å²) >= 11 is 5.92. The molecule has 0 aliphatic heterocycles. The van der Waals surface area contributed by atoms with E-state index < -0.39 is 6.04 Å². The van der Waals surface area contributed by atoms with Crippen LogP contribution in [0.5, 0.6) is 0 Å². The molecular formula is C25H22ClN5O2. The second-order valence-electron chi connectivity index (χ2n) is 7.38. The molecule has 4 rings (SSSR count). The maximum Gasteiger partial charge on any atom is 0.251 e. The molecule has 2 heterocycles. The summed E-state index contributed by atoms with van der Waals surface area (Å²) in [6.45, 7) is 0.240. The lowest BCUT2D eigenvalue weighted by atomic mass is 10.0. The summed E-state index contributed by atoms with van der Waals surface area (Å²) in [5, 5.41) is 10.5. The second-order valence-corrected chi connectivity index (χ2v) is 7.81. The van der Waals surface area contributed by atoms with E-state index in [9.17, 15) is 9.59 Å². The van der Waals surface area contributed by atoms with Crippen molar-refractivity contribution in [2.24, 2.45) is 0 Å². The first kappa shape index (κ1) is 22.2. The molecule has 166 valence electrons. The van der Waals surface area contributed by atoms with Crippen molar-refractivity contribution < 1.29 is 9.59 Å². The summed E-state index contributed by atoms with van der Waals surface area (Å²) in [6, 6.07) is 20.8. The van der Waals surface area contributed by atoms with Crippen molar-refractivity contribution >= 4 is 23.4 Å². The molecule has 2 aromatic heterocycles. The summed E-state index contributed by atoms with van der Waals surface area (Å²) in [6.07, 6.45) is 5.48. The largest absolute Gasteiger partial charge is 0.350 e. The van der Waals surface area contributed by atoms with E-state index in [1.165, 1.54) is 0 Å². The lowest BCUT2D eigenvalue weighted by Crippen LogP contribution is -2.47. The minimum absolute atomic E-state index is 0.240. The fourth-order valence-electron chi connectivity index (χ4n) is 3.38. The van der Waals surface area contributed by atoms with Crippen molar-refractivity contribution in [1.29, 1.82) is 0 Å². The topological polar surface area (TPSA) is 88.9 Å². The molecule has 1 atom stereocenters.